The van der Waals surface area contributed by atoms with E-state index in [0.717, 1.165) is 29.8 Å². The summed E-state index contributed by atoms with van der Waals surface area (Å²) < 4.78 is 46.0. The van der Waals surface area contributed by atoms with Gasteiger partial charge in [-0.25, -0.2) is 17.6 Å². The van der Waals surface area contributed by atoms with E-state index in [-0.39, 0.29) is 17.0 Å². The van der Waals surface area contributed by atoms with Gasteiger partial charge in [0.2, 0.25) is 5.75 Å². The molecule has 10 heteroatoms. The van der Waals surface area contributed by atoms with Crippen LogP contribution < -0.4 is 9.04 Å². The predicted octanol–water partition coefficient (Wildman–Crippen LogP) is 3.70. The molecule has 0 fully saturated rings. The summed E-state index contributed by atoms with van der Waals surface area (Å²) in [4.78, 5) is 22.7. The van der Waals surface area contributed by atoms with Crippen LogP contribution in [0.15, 0.2) is 71.6 Å². The van der Waals surface area contributed by atoms with E-state index in [1.165, 1.54) is 22.5 Å². The minimum Gasteiger partial charge on any atom is -0.415 e. The van der Waals surface area contributed by atoms with Crippen molar-refractivity contribution in [2.75, 3.05) is 10.8 Å². The Balaban J connectivity index is 1.64. The molecular formula is C21H15FN2O6S. The van der Waals surface area contributed by atoms with Crippen molar-refractivity contribution in [3.8, 4) is 5.75 Å². The molecule has 3 aromatic carbocycles. The Morgan fingerprint density at radius 1 is 1.06 bits per heavy atom. The summed E-state index contributed by atoms with van der Waals surface area (Å²) in [5.74, 6) is -2.44. The van der Waals surface area contributed by atoms with E-state index in [1.807, 2.05) is 12.1 Å². The van der Waals surface area contributed by atoms with E-state index in [2.05, 4.69) is 0 Å². The molecule has 31 heavy (non-hydrogen) atoms. The molecule has 0 aromatic heterocycles. The maximum absolute atomic E-state index is 13.5. The van der Waals surface area contributed by atoms with Crippen LogP contribution in [0.25, 0.3) is 0 Å². The predicted molar refractivity (Wildman–Crippen MR) is 109 cm³/mol. The summed E-state index contributed by atoms with van der Waals surface area (Å²) in [6.45, 7) is 0.270. The van der Waals surface area contributed by atoms with Crippen molar-refractivity contribution in [1.82, 2.24) is 0 Å². The summed E-state index contributed by atoms with van der Waals surface area (Å²) in [7, 11) is -3.95. The van der Waals surface area contributed by atoms with Crippen molar-refractivity contribution in [1.29, 1.82) is 0 Å². The van der Waals surface area contributed by atoms with Gasteiger partial charge in [-0.2, -0.15) is 0 Å². The second-order valence-electron chi connectivity index (χ2n) is 6.74. The molecule has 0 saturated heterocycles. The molecule has 0 aliphatic carbocycles. The molecule has 8 nitrogen and oxygen atoms in total. The molecule has 0 radical (unpaired) electrons. The van der Waals surface area contributed by atoms with Crippen LogP contribution in [-0.2, 0) is 16.4 Å². The number of nitrogens with zero attached hydrogens (tertiary/aromatic N) is 2. The van der Waals surface area contributed by atoms with Gasteiger partial charge in [-0.1, -0.05) is 24.3 Å². The van der Waals surface area contributed by atoms with Gasteiger partial charge < -0.3 is 4.74 Å². The van der Waals surface area contributed by atoms with Gasteiger partial charge in [-0.05, 0) is 42.3 Å². The molecule has 0 amide bonds. The number of halogens is 1. The van der Waals surface area contributed by atoms with Gasteiger partial charge in [0, 0.05) is 18.7 Å². The third-order valence-corrected chi connectivity index (χ3v) is 6.63. The quantitative estimate of drug-likeness (QED) is 0.258. The second-order valence-corrected chi connectivity index (χ2v) is 8.60. The number of sulfonamides is 1. The van der Waals surface area contributed by atoms with Crippen molar-refractivity contribution in [3.05, 3.63) is 93.8 Å². The Bertz CT molecular complexity index is 1310. The normalized spacial score (nSPS) is 13.0. The number of benzene rings is 3. The third-order valence-electron chi connectivity index (χ3n) is 4.82. The van der Waals surface area contributed by atoms with Gasteiger partial charge in [0.05, 0.1) is 21.1 Å². The molecule has 0 unspecified atom stereocenters. The van der Waals surface area contributed by atoms with E-state index in [0.29, 0.717) is 12.1 Å². The first kappa shape index (κ1) is 20.5. The molecule has 1 aliphatic rings. The highest BCUT2D eigenvalue weighted by Gasteiger charge is 2.31. The number of nitro benzene ring substituents is 1. The van der Waals surface area contributed by atoms with Gasteiger partial charge in [-0.15, -0.1) is 0 Å². The van der Waals surface area contributed by atoms with E-state index in [1.54, 1.807) is 12.1 Å². The fourth-order valence-corrected chi connectivity index (χ4v) is 4.90. The topological polar surface area (TPSA) is 107 Å². The summed E-state index contributed by atoms with van der Waals surface area (Å²) in [6, 6.07) is 14.8. The van der Waals surface area contributed by atoms with Crippen LogP contribution >= 0.6 is 0 Å². The van der Waals surface area contributed by atoms with Crippen LogP contribution in [0.2, 0.25) is 0 Å². The number of esters is 1. The van der Waals surface area contributed by atoms with E-state index in [9.17, 15) is 27.7 Å². The lowest BCUT2D eigenvalue weighted by molar-refractivity contribution is -0.385. The molecule has 3 aromatic rings. The molecule has 0 bridgehead atoms. The van der Waals surface area contributed by atoms with Gasteiger partial charge in [0.15, 0.2) is 0 Å². The Morgan fingerprint density at radius 2 is 1.84 bits per heavy atom. The van der Waals surface area contributed by atoms with Gasteiger partial charge >= 0.3 is 11.7 Å². The first-order valence-electron chi connectivity index (χ1n) is 9.14. The lowest BCUT2D eigenvalue weighted by atomic mass is 10.2. The number of rotatable bonds is 5. The zero-order valence-electron chi connectivity index (χ0n) is 15.9. The fourth-order valence-electron chi connectivity index (χ4n) is 3.35. The number of anilines is 1. The molecule has 0 spiro atoms. The molecule has 0 atom stereocenters. The van der Waals surface area contributed by atoms with Crippen molar-refractivity contribution in [2.24, 2.45) is 0 Å². The Morgan fingerprint density at radius 3 is 2.61 bits per heavy atom. The number of nitro groups is 1. The number of fused-ring (bicyclic) bond motifs is 1. The Hall–Kier alpha value is -3.79. The number of carbonyl (C=O) groups is 1. The number of ether oxygens (including phenoxy) is 1. The molecule has 158 valence electrons. The van der Waals surface area contributed by atoms with E-state index in [4.69, 9.17) is 4.74 Å². The van der Waals surface area contributed by atoms with Gasteiger partial charge in [0.25, 0.3) is 10.0 Å². The largest absolute Gasteiger partial charge is 0.415 e. The average molecular weight is 442 g/mol. The van der Waals surface area contributed by atoms with Crippen LogP contribution in [0, 0.1) is 15.9 Å². The Labute approximate surface area is 176 Å². The van der Waals surface area contributed by atoms with E-state index >= 15 is 0 Å². The van der Waals surface area contributed by atoms with Crippen LogP contribution in [0.1, 0.15) is 15.9 Å². The first-order chi connectivity index (χ1) is 14.8. The molecule has 1 heterocycles. The smallest absolute Gasteiger partial charge is 0.343 e. The second kappa shape index (κ2) is 7.80. The zero-order chi connectivity index (χ0) is 22.2. The van der Waals surface area contributed by atoms with Crippen LogP contribution in [0.5, 0.6) is 5.75 Å². The lowest BCUT2D eigenvalue weighted by Crippen LogP contribution is -2.29. The monoisotopic (exact) mass is 442 g/mol. The third kappa shape index (κ3) is 3.84. The number of carbonyl (C=O) groups excluding carboxylic acids is 1. The number of hydrogen-bond acceptors (Lipinski definition) is 6. The minimum absolute atomic E-state index is 0.132. The Kier molecular flexibility index (Phi) is 5.15. The maximum Gasteiger partial charge on any atom is 0.343 e. The van der Waals surface area contributed by atoms with Gasteiger partial charge in [-0.3, -0.25) is 14.4 Å². The highest BCUT2D eigenvalue weighted by molar-refractivity contribution is 7.92. The molecule has 0 N–H and O–H groups in total. The number of hydrogen-bond donors (Lipinski definition) is 0. The van der Waals surface area contributed by atoms with Crippen LogP contribution in [0.3, 0.4) is 0 Å². The maximum atomic E-state index is 13.5. The standard InChI is InChI=1S/C21H15FN2O6S/c22-16-8-9-19(24(26)27)20(13-16)30-21(25)15-5-3-6-17(12-15)31(28,29)23-11-10-14-4-1-2-7-18(14)23/h1-9,12-13H,10-11H2. The van der Waals surface area contributed by atoms with E-state index < -0.39 is 38.2 Å². The summed E-state index contributed by atoms with van der Waals surface area (Å²) in [5, 5.41) is 11.1. The molecule has 4 rings (SSSR count). The summed E-state index contributed by atoms with van der Waals surface area (Å²) in [5.41, 5.74) is 0.741. The highest BCUT2D eigenvalue weighted by Crippen LogP contribution is 2.33. The SMILES string of the molecule is O=C(Oc1cc(F)ccc1[N+](=O)[O-])c1cccc(S(=O)(=O)N2CCc3ccccc32)c1. The molecular weight excluding hydrogens is 427 g/mol. The molecule has 0 saturated carbocycles. The first-order valence-corrected chi connectivity index (χ1v) is 10.6. The van der Waals surface area contributed by atoms with Crippen molar-refractivity contribution < 1.29 is 27.3 Å². The summed E-state index contributed by atoms with van der Waals surface area (Å²) >= 11 is 0. The highest BCUT2D eigenvalue weighted by atomic mass is 32.2. The minimum atomic E-state index is -3.95. The average Bonchev–Trinajstić information content (AvgIpc) is 3.18. The van der Waals surface area contributed by atoms with Crippen LogP contribution in [0.4, 0.5) is 15.8 Å². The zero-order valence-corrected chi connectivity index (χ0v) is 16.7. The number of para-hydroxylation sites is 1. The van der Waals surface area contributed by atoms with Crippen molar-refractivity contribution in [3.63, 3.8) is 0 Å². The molecule has 1 aliphatic heterocycles. The van der Waals surface area contributed by atoms with Crippen molar-refractivity contribution >= 4 is 27.4 Å². The lowest BCUT2D eigenvalue weighted by Gasteiger charge is -2.19. The van der Waals surface area contributed by atoms with Crippen molar-refractivity contribution in [2.45, 2.75) is 11.3 Å². The fraction of sp³-hybridized carbons (Fsp3) is 0.0952. The van der Waals surface area contributed by atoms with Gasteiger partial charge in [0.1, 0.15) is 5.82 Å². The summed E-state index contributed by atoms with van der Waals surface area (Å²) in [6.07, 6.45) is 0.570. The van der Waals surface area contributed by atoms with Crippen LogP contribution in [-0.4, -0.2) is 25.9 Å².